The average Bonchev–Trinajstić information content (AvgIpc) is 3.58. The third kappa shape index (κ3) is 4.57. The monoisotopic (exact) mass is 637 g/mol. The minimum absolute atomic E-state index is 0.910. The van der Waals surface area contributed by atoms with Gasteiger partial charge in [-0.1, -0.05) is 146 Å². The van der Waals surface area contributed by atoms with Crippen molar-refractivity contribution >= 4 is 71.3 Å². The van der Waals surface area contributed by atoms with E-state index in [4.69, 9.17) is 4.42 Å². The Hall–Kier alpha value is -6.64. The van der Waals surface area contributed by atoms with Gasteiger partial charge in [0.1, 0.15) is 11.2 Å². The second-order valence-corrected chi connectivity index (χ2v) is 12.9. The van der Waals surface area contributed by atoms with Crippen LogP contribution in [-0.2, 0) is 0 Å². The number of anilines is 3. The average molecular weight is 638 g/mol. The summed E-state index contributed by atoms with van der Waals surface area (Å²) in [5, 5.41) is 9.59. The number of hydrogen-bond acceptors (Lipinski definition) is 2. The molecule has 0 aliphatic carbocycles. The van der Waals surface area contributed by atoms with Crippen LogP contribution in [0.15, 0.2) is 192 Å². The van der Waals surface area contributed by atoms with Crippen LogP contribution < -0.4 is 4.90 Å². The van der Waals surface area contributed by atoms with Crippen molar-refractivity contribution in [3.8, 4) is 22.3 Å². The van der Waals surface area contributed by atoms with E-state index < -0.39 is 0 Å². The third-order valence-corrected chi connectivity index (χ3v) is 10.0. The lowest BCUT2D eigenvalue weighted by molar-refractivity contribution is 0.674. The smallest absolute Gasteiger partial charge is 0.143 e. The predicted octanol–water partition coefficient (Wildman–Crippen LogP) is 13.8. The maximum absolute atomic E-state index is 6.82. The summed E-state index contributed by atoms with van der Waals surface area (Å²) in [6.45, 7) is 0. The first-order valence-corrected chi connectivity index (χ1v) is 17.1. The second-order valence-electron chi connectivity index (χ2n) is 12.9. The molecule has 2 heteroatoms. The SMILES string of the molecule is c1ccc(-c2cc3c4cccc(-c5ccc(N(c6ccccc6)c6ccc7c(ccc8ccccc87)c6)cc5)c4oc3c3ccccc23)cc1. The van der Waals surface area contributed by atoms with Crippen LogP contribution in [0, 0.1) is 0 Å². The fourth-order valence-electron chi connectivity index (χ4n) is 7.66. The van der Waals surface area contributed by atoms with Gasteiger partial charge in [0.25, 0.3) is 0 Å². The molecule has 0 unspecified atom stereocenters. The first-order valence-electron chi connectivity index (χ1n) is 17.1. The van der Waals surface area contributed by atoms with Gasteiger partial charge in [-0.2, -0.15) is 0 Å². The maximum Gasteiger partial charge on any atom is 0.143 e. The van der Waals surface area contributed by atoms with E-state index in [1.807, 2.05) is 0 Å². The molecule has 0 fully saturated rings. The summed E-state index contributed by atoms with van der Waals surface area (Å²) < 4.78 is 6.82. The van der Waals surface area contributed by atoms with E-state index in [0.29, 0.717) is 0 Å². The summed E-state index contributed by atoms with van der Waals surface area (Å²) in [7, 11) is 0. The molecule has 0 N–H and O–H groups in total. The highest BCUT2D eigenvalue weighted by molar-refractivity contribution is 6.20. The molecule has 0 spiro atoms. The van der Waals surface area contributed by atoms with E-state index in [9.17, 15) is 0 Å². The van der Waals surface area contributed by atoms with Crippen molar-refractivity contribution in [1.29, 1.82) is 0 Å². The Morgan fingerprint density at radius 2 is 0.880 bits per heavy atom. The van der Waals surface area contributed by atoms with Crippen LogP contribution in [0.1, 0.15) is 0 Å². The Morgan fingerprint density at radius 3 is 1.70 bits per heavy atom. The molecule has 1 heterocycles. The molecule has 0 radical (unpaired) electrons. The number of rotatable bonds is 5. The zero-order valence-electron chi connectivity index (χ0n) is 27.3. The normalized spacial score (nSPS) is 11.6. The van der Waals surface area contributed by atoms with Crippen LogP contribution in [-0.4, -0.2) is 0 Å². The van der Waals surface area contributed by atoms with Gasteiger partial charge >= 0.3 is 0 Å². The Labute approximate surface area is 290 Å². The molecule has 1 aromatic heterocycles. The molecule has 0 saturated heterocycles. The molecule has 2 nitrogen and oxygen atoms in total. The molecule has 10 rings (SSSR count). The van der Waals surface area contributed by atoms with Crippen LogP contribution in [0.25, 0.3) is 76.5 Å². The van der Waals surface area contributed by atoms with Crippen molar-refractivity contribution in [3.63, 3.8) is 0 Å². The first-order chi connectivity index (χ1) is 24.8. The van der Waals surface area contributed by atoms with Crippen molar-refractivity contribution in [1.82, 2.24) is 0 Å². The molecule has 0 bridgehead atoms. The minimum atomic E-state index is 0.910. The van der Waals surface area contributed by atoms with Gasteiger partial charge < -0.3 is 9.32 Å². The van der Waals surface area contributed by atoms with Gasteiger partial charge in [-0.3, -0.25) is 0 Å². The summed E-state index contributed by atoms with van der Waals surface area (Å²) in [4.78, 5) is 2.33. The van der Waals surface area contributed by atoms with E-state index in [-0.39, 0.29) is 0 Å². The third-order valence-electron chi connectivity index (χ3n) is 10.0. The fourth-order valence-corrected chi connectivity index (χ4v) is 7.66. The number of fused-ring (bicyclic) bond motifs is 8. The van der Waals surface area contributed by atoms with E-state index in [0.717, 1.165) is 55.5 Å². The standard InChI is InChI=1S/C48H31NO/c1-3-12-32(13-4-1)45-31-46-44-21-11-20-41(47(44)50-48(46)43-19-10-9-18-42(43)45)34-24-26-37(27-25-34)49(36-15-5-2-6-16-36)38-28-29-40-35(30-38)23-22-33-14-7-8-17-39(33)40/h1-31H. The van der Waals surface area contributed by atoms with Gasteiger partial charge in [-0.15, -0.1) is 0 Å². The Balaban J connectivity index is 1.10. The lowest BCUT2D eigenvalue weighted by Gasteiger charge is -2.26. The molecule has 0 amide bonds. The second kappa shape index (κ2) is 11.5. The Kier molecular flexibility index (Phi) is 6.53. The summed E-state index contributed by atoms with van der Waals surface area (Å²) >= 11 is 0. The molecule has 0 atom stereocenters. The van der Waals surface area contributed by atoms with Gasteiger partial charge in [0.15, 0.2) is 0 Å². The number of furan rings is 1. The molecule has 9 aromatic carbocycles. The highest BCUT2D eigenvalue weighted by Gasteiger charge is 2.18. The number of benzene rings is 9. The van der Waals surface area contributed by atoms with E-state index >= 15 is 0 Å². The number of hydrogen-bond donors (Lipinski definition) is 0. The molecule has 10 aromatic rings. The molecule has 234 valence electrons. The molecule has 0 aliphatic heterocycles. The summed E-state index contributed by atoms with van der Waals surface area (Å²) in [6, 6.07) is 67.3. The fraction of sp³-hybridized carbons (Fsp3) is 0. The number of para-hydroxylation sites is 2. The predicted molar refractivity (Wildman–Crippen MR) is 212 cm³/mol. The van der Waals surface area contributed by atoms with Crippen molar-refractivity contribution < 1.29 is 4.42 Å². The highest BCUT2D eigenvalue weighted by Crippen LogP contribution is 2.43. The molecule has 0 aliphatic rings. The van der Waals surface area contributed by atoms with Crippen LogP contribution in [0.2, 0.25) is 0 Å². The molecule has 0 saturated carbocycles. The quantitative estimate of drug-likeness (QED) is 0.175. The van der Waals surface area contributed by atoms with Gasteiger partial charge in [-0.05, 0) is 86.1 Å². The summed E-state index contributed by atoms with van der Waals surface area (Å²) in [5.41, 5.74) is 9.78. The van der Waals surface area contributed by atoms with E-state index in [2.05, 4.69) is 193 Å². The minimum Gasteiger partial charge on any atom is -0.455 e. The van der Waals surface area contributed by atoms with Gasteiger partial charge in [0.05, 0.1) is 0 Å². The first kappa shape index (κ1) is 28.4. The lowest BCUT2D eigenvalue weighted by Crippen LogP contribution is -2.09. The van der Waals surface area contributed by atoms with Gasteiger partial charge in [0, 0.05) is 38.8 Å². The van der Waals surface area contributed by atoms with Gasteiger partial charge in [0.2, 0.25) is 0 Å². The zero-order chi connectivity index (χ0) is 33.0. The van der Waals surface area contributed by atoms with Crippen molar-refractivity contribution in [2.24, 2.45) is 0 Å². The highest BCUT2D eigenvalue weighted by atomic mass is 16.3. The maximum atomic E-state index is 6.82. The molecule has 50 heavy (non-hydrogen) atoms. The van der Waals surface area contributed by atoms with Crippen molar-refractivity contribution in [2.75, 3.05) is 4.90 Å². The van der Waals surface area contributed by atoms with E-state index in [1.54, 1.807) is 0 Å². The largest absolute Gasteiger partial charge is 0.455 e. The molecular formula is C48H31NO. The topological polar surface area (TPSA) is 16.4 Å². The van der Waals surface area contributed by atoms with Crippen molar-refractivity contribution in [3.05, 3.63) is 188 Å². The zero-order valence-corrected chi connectivity index (χ0v) is 27.3. The summed E-state index contributed by atoms with van der Waals surface area (Å²) in [6.07, 6.45) is 0. The van der Waals surface area contributed by atoms with Crippen LogP contribution in [0.4, 0.5) is 17.1 Å². The van der Waals surface area contributed by atoms with Gasteiger partial charge in [-0.25, -0.2) is 0 Å². The summed E-state index contributed by atoms with van der Waals surface area (Å²) in [5.74, 6) is 0. The molecular weight excluding hydrogens is 607 g/mol. The van der Waals surface area contributed by atoms with Crippen LogP contribution >= 0.6 is 0 Å². The lowest BCUT2D eigenvalue weighted by atomic mass is 9.95. The Bertz CT molecular complexity index is 2850. The van der Waals surface area contributed by atoms with Crippen molar-refractivity contribution in [2.45, 2.75) is 0 Å². The van der Waals surface area contributed by atoms with Crippen LogP contribution in [0.5, 0.6) is 0 Å². The van der Waals surface area contributed by atoms with Crippen LogP contribution in [0.3, 0.4) is 0 Å². The number of nitrogens with zero attached hydrogens (tertiary/aromatic N) is 1. The Morgan fingerprint density at radius 1 is 0.300 bits per heavy atom. The van der Waals surface area contributed by atoms with E-state index in [1.165, 1.54) is 38.1 Å².